The summed E-state index contributed by atoms with van der Waals surface area (Å²) in [5.41, 5.74) is 2.23. The van der Waals surface area contributed by atoms with Crippen molar-refractivity contribution in [3.8, 4) is 18.2 Å². The number of thiophene rings is 4. The first-order chi connectivity index (χ1) is 24.5. The summed E-state index contributed by atoms with van der Waals surface area (Å²) in [5, 5.41) is 28.2. The topological polar surface area (TPSA) is 144 Å². The Morgan fingerprint density at radius 3 is 1.76 bits per heavy atom. The Labute approximate surface area is 304 Å². The maximum Gasteiger partial charge on any atom is 0.205 e. The van der Waals surface area contributed by atoms with Gasteiger partial charge in [-0.2, -0.15) is 15.8 Å². The fourth-order valence-corrected chi connectivity index (χ4v) is 13.1. The summed E-state index contributed by atoms with van der Waals surface area (Å²) >= 11 is 6.50. The van der Waals surface area contributed by atoms with E-state index in [0.717, 1.165) is 44.4 Å². The summed E-state index contributed by atoms with van der Waals surface area (Å²) < 4.78 is 6.66. The van der Waals surface area contributed by atoms with Crippen LogP contribution in [-0.2, 0) is 5.41 Å². The van der Waals surface area contributed by atoms with Crippen LogP contribution in [0.1, 0.15) is 87.3 Å². The molecule has 0 radical (unpaired) electrons. The molecule has 0 amide bonds. The van der Waals surface area contributed by atoms with E-state index in [1.54, 1.807) is 46.2 Å². The quantitative estimate of drug-likeness (QED) is 0.0980. The Hall–Kier alpha value is -6.12. The zero-order chi connectivity index (χ0) is 35.7. The van der Waals surface area contributed by atoms with Crippen LogP contribution in [0.2, 0.25) is 0 Å². The van der Waals surface area contributed by atoms with E-state index < -0.39 is 28.5 Å². The molecule has 9 rings (SSSR count). The maximum atomic E-state index is 13.4. The second-order valence-corrected chi connectivity index (χ2v) is 16.9. The van der Waals surface area contributed by atoms with Gasteiger partial charge in [-0.25, -0.2) is 4.85 Å². The Morgan fingerprint density at radius 2 is 1.18 bits per heavy atom. The first-order valence-corrected chi connectivity index (χ1v) is 18.5. The van der Waals surface area contributed by atoms with Crippen molar-refractivity contribution in [1.82, 2.24) is 0 Å². The van der Waals surface area contributed by atoms with Crippen LogP contribution in [0.3, 0.4) is 0 Å². The first-order valence-electron chi connectivity index (χ1n) is 15.2. The molecule has 0 unspecified atom stereocenters. The molecule has 51 heavy (non-hydrogen) atoms. The smallest absolute Gasteiger partial charge is 0.205 e. The normalized spacial score (nSPS) is 16.4. The summed E-state index contributed by atoms with van der Waals surface area (Å²) in [6, 6.07) is 13.1. The number of Topliss-reactive ketones (excluding diaryl/α,β-unsaturated/α-hetero) is 4. The van der Waals surface area contributed by atoms with Gasteiger partial charge in [-0.3, -0.25) is 19.2 Å². The second-order valence-electron chi connectivity index (χ2n) is 12.7. The Balaban J connectivity index is 1.08. The molecule has 0 atom stereocenters. The van der Waals surface area contributed by atoms with Crippen molar-refractivity contribution in [2.45, 2.75) is 19.3 Å². The third-order valence-corrected chi connectivity index (χ3v) is 14.9. The van der Waals surface area contributed by atoms with Gasteiger partial charge < -0.3 is 0 Å². The lowest BCUT2D eigenvalue weighted by molar-refractivity contribution is 0.0974. The van der Waals surface area contributed by atoms with Gasteiger partial charge in [-0.1, -0.05) is 13.8 Å². The fraction of sp³-hybridized carbons (Fsp3) is 0.0769. The monoisotopic (exact) mass is 730 g/mol. The molecule has 3 aliphatic carbocycles. The van der Waals surface area contributed by atoms with E-state index in [1.807, 2.05) is 30.4 Å². The van der Waals surface area contributed by atoms with Crippen molar-refractivity contribution < 1.29 is 19.2 Å². The maximum absolute atomic E-state index is 13.4. The number of hydrogen-bond donors (Lipinski definition) is 0. The number of benzene rings is 2. The number of ketones is 4. The summed E-state index contributed by atoms with van der Waals surface area (Å²) in [6.45, 7) is 11.5. The summed E-state index contributed by atoms with van der Waals surface area (Å²) in [6.07, 6.45) is 5.29. The molecule has 0 spiro atoms. The highest BCUT2D eigenvalue weighted by molar-refractivity contribution is 7.44. The lowest BCUT2D eigenvalue weighted by Gasteiger charge is -2.22. The number of fused-ring (bicyclic) bond motifs is 9. The van der Waals surface area contributed by atoms with Crippen molar-refractivity contribution >= 4 is 115 Å². The molecule has 0 bridgehead atoms. The molecule has 3 aliphatic rings. The van der Waals surface area contributed by atoms with Crippen LogP contribution in [-0.4, -0.2) is 23.1 Å². The van der Waals surface area contributed by atoms with Crippen molar-refractivity contribution in [2.75, 3.05) is 0 Å². The molecule has 8 nitrogen and oxygen atoms in total. The molecule has 6 aromatic rings. The number of carbonyl (C=O) groups excluding carboxylic acids is 4. The van der Waals surface area contributed by atoms with Crippen molar-refractivity contribution in [1.29, 1.82) is 15.8 Å². The number of nitriles is 3. The SMILES string of the molecule is [C-]#[N+]c1cc2c(cc1C#N)C(=O)/C(=C/C1=Cc3sc4c(sc5c6sc(C=C7C(=O)c8cc(C#N)c(C#N)cc8C7=O)cc6sc45)c3C1(C)C)C2=O. The van der Waals surface area contributed by atoms with Gasteiger partial charge in [0, 0.05) is 42.1 Å². The lowest BCUT2D eigenvalue weighted by atomic mass is 9.81. The predicted octanol–water partition coefficient (Wildman–Crippen LogP) is 9.70. The molecule has 0 fully saturated rings. The molecule has 4 heterocycles. The average molecular weight is 731 g/mol. The van der Waals surface area contributed by atoms with Gasteiger partial charge >= 0.3 is 0 Å². The fourth-order valence-electron chi connectivity index (χ4n) is 7.02. The van der Waals surface area contributed by atoms with Crippen molar-refractivity contribution in [3.63, 3.8) is 0 Å². The minimum Gasteiger partial charge on any atom is -0.288 e. The van der Waals surface area contributed by atoms with Gasteiger partial charge in [0.05, 0.1) is 64.0 Å². The molecule has 0 aliphatic heterocycles. The van der Waals surface area contributed by atoms with Crippen LogP contribution in [0.15, 0.2) is 53.1 Å². The minimum absolute atomic E-state index is 0.00763. The standard InChI is InChI=1S/C39H14N4O4S4/c1-39(2)18(7-24-30(44)22-6-17(14-42)26(43-3)11-23(22)33(24)47)8-27-29(39)35-37(49-27)38-36(51-35)34-28(50-38)10-19(48-34)9-25-31(45)20-4-15(12-40)16(13-41)5-21(20)32(25)46/h4-11H,1-2H3/b24-7-. The zero-order valence-corrected chi connectivity index (χ0v) is 29.4. The van der Waals surface area contributed by atoms with Crippen molar-refractivity contribution in [3.05, 3.63) is 119 Å². The Morgan fingerprint density at radius 1 is 0.647 bits per heavy atom. The molecule has 0 N–H and O–H groups in total. The highest BCUT2D eigenvalue weighted by Crippen LogP contribution is 2.57. The molecule has 2 aromatic carbocycles. The highest BCUT2D eigenvalue weighted by atomic mass is 32.1. The number of allylic oxidation sites excluding steroid dienone is 4. The molecule has 238 valence electrons. The third kappa shape index (κ3) is 4.05. The van der Waals surface area contributed by atoms with Gasteiger partial charge in [0.1, 0.15) is 12.1 Å². The number of rotatable bonds is 2. The summed E-state index contributed by atoms with van der Waals surface area (Å²) in [5.74, 6) is -1.83. The number of hydrogen-bond acceptors (Lipinski definition) is 11. The molecule has 4 aromatic heterocycles. The van der Waals surface area contributed by atoms with E-state index in [-0.39, 0.29) is 55.8 Å². The first kappa shape index (κ1) is 30.9. The van der Waals surface area contributed by atoms with Crippen LogP contribution in [0.25, 0.3) is 45.2 Å². The lowest BCUT2D eigenvalue weighted by Crippen LogP contribution is -2.16. The van der Waals surface area contributed by atoms with Crippen LogP contribution >= 0.6 is 45.3 Å². The molecular formula is C39H14N4O4S4. The average Bonchev–Trinajstić information content (AvgIpc) is 3.96. The van der Waals surface area contributed by atoms with E-state index in [0.29, 0.717) is 0 Å². The van der Waals surface area contributed by atoms with Gasteiger partial charge in [-0.15, -0.1) is 45.3 Å². The van der Waals surface area contributed by atoms with E-state index in [1.165, 1.54) is 40.3 Å². The zero-order valence-electron chi connectivity index (χ0n) is 26.2. The molecular weight excluding hydrogens is 717 g/mol. The van der Waals surface area contributed by atoms with Gasteiger partial charge in [0.15, 0.2) is 23.1 Å². The summed E-state index contributed by atoms with van der Waals surface area (Å²) in [7, 11) is 0. The second kappa shape index (κ2) is 10.4. The van der Waals surface area contributed by atoms with E-state index in [9.17, 15) is 35.0 Å². The van der Waals surface area contributed by atoms with E-state index in [2.05, 4.69) is 18.7 Å². The van der Waals surface area contributed by atoms with E-state index in [4.69, 9.17) is 6.57 Å². The van der Waals surface area contributed by atoms with Crippen LogP contribution in [0.4, 0.5) is 5.69 Å². The minimum atomic E-state index is -0.526. The van der Waals surface area contributed by atoms with Gasteiger partial charge in [0.25, 0.3) is 0 Å². The van der Waals surface area contributed by atoms with Crippen LogP contribution in [0.5, 0.6) is 0 Å². The van der Waals surface area contributed by atoms with Crippen LogP contribution in [0, 0.1) is 40.6 Å². The molecule has 12 heteroatoms. The number of nitrogens with zero attached hydrogens (tertiary/aromatic N) is 4. The third-order valence-electron chi connectivity index (χ3n) is 9.60. The van der Waals surface area contributed by atoms with E-state index >= 15 is 0 Å². The number of carbonyl (C=O) groups is 4. The van der Waals surface area contributed by atoms with Crippen molar-refractivity contribution in [2.24, 2.45) is 0 Å². The van der Waals surface area contributed by atoms with Gasteiger partial charge in [-0.05, 0) is 59.7 Å². The Kier molecular flexibility index (Phi) is 6.33. The largest absolute Gasteiger partial charge is 0.288 e. The Bertz CT molecular complexity index is 2960. The predicted molar refractivity (Wildman–Crippen MR) is 198 cm³/mol. The van der Waals surface area contributed by atoms with Crippen LogP contribution < -0.4 is 0 Å². The highest BCUT2D eigenvalue weighted by Gasteiger charge is 2.40. The molecule has 0 saturated carbocycles. The van der Waals surface area contributed by atoms with Gasteiger partial charge in [0.2, 0.25) is 5.69 Å². The molecule has 0 saturated heterocycles. The summed E-state index contributed by atoms with van der Waals surface area (Å²) in [4.78, 5) is 58.4.